The Morgan fingerprint density at radius 1 is 1.03 bits per heavy atom. The van der Waals surface area contributed by atoms with Crippen molar-refractivity contribution in [2.24, 2.45) is 0 Å². The van der Waals surface area contributed by atoms with Crippen LogP contribution in [0.15, 0.2) is 75.1 Å². The van der Waals surface area contributed by atoms with E-state index in [-0.39, 0.29) is 28.5 Å². The molecule has 4 aromatic rings. The van der Waals surface area contributed by atoms with Gasteiger partial charge < -0.3 is 4.42 Å². The Labute approximate surface area is 201 Å². The average Bonchev–Trinajstić information content (AvgIpc) is 3.44. The van der Waals surface area contributed by atoms with Crippen molar-refractivity contribution >= 4 is 52.3 Å². The number of aromatic nitrogens is 1. The molecule has 0 unspecified atom stereocenters. The third kappa shape index (κ3) is 5.37. The quantitative estimate of drug-likeness (QED) is 0.346. The van der Waals surface area contributed by atoms with Gasteiger partial charge in [0.1, 0.15) is 5.76 Å². The van der Waals surface area contributed by atoms with Crippen LogP contribution in [-0.2, 0) is 31.0 Å². The van der Waals surface area contributed by atoms with Crippen LogP contribution >= 0.6 is 11.3 Å². The highest BCUT2D eigenvalue weighted by Crippen LogP contribution is 2.32. The number of nitrogens with zero attached hydrogens (tertiary/aromatic N) is 2. The SMILES string of the molecule is Cc1ccc(S(=O)(=O)CCC(=O)N(Cc2ccco2)c2nc3ccc(S(C)(=O)=O)cc3s2)cc1. The Kier molecular flexibility index (Phi) is 6.61. The fraction of sp³-hybridized carbons (Fsp3) is 0.217. The van der Waals surface area contributed by atoms with Gasteiger partial charge in [0.05, 0.1) is 38.6 Å². The van der Waals surface area contributed by atoms with Gasteiger partial charge in [0.2, 0.25) is 5.91 Å². The molecule has 11 heteroatoms. The van der Waals surface area contributed by atoms with Crippen LogP contribution in [0.2, 0.25) is 0 Å². The van der Waals surface area contributed by atoms with Gasteiger partial charge in [-0.05, 0) is 49.4 Å². The van der Waals surface area contributed by atoms with Crippen molar-refractivity contribution in [1.82, 2.24) is 4.98 Å². The number of anilines is 1. The van der Waals surface area contributed by atoms with Gasteiger partial charge in [0.15, 0.2) is 24.8 Å². The van der Waals surface area contributed by atoms with E-state index in [1.807, 2.05) is 6.92 Å². The minimum absolute atomic E-state index is 0.0647. The number of carbonyl (C=O) groups is 1. The number of hydrogen-bond acceptors (Lipinski definition) is 8. The van der Waals surface area contributed by atoms with E-state index in [4.69, 9.17) is 4.42 Å². The topological polar surface area (TPSA) is 115 Å². The lowest BCUT2D eigenvalue weighted by atomic mass is 10.2. The van der Waals surface area contributed by atoms with Crippen molar-refractivity contribution in [2.75, 3.05) is 16.9 Å². The first-order valence-electron chi connectivity index (χ1n) is 10.3. The predicted octanol–water partition coefficient (Wildman–Crippen LogP) is 4.00. The summed E-state index contributed by atoms with van der Waals surface area (Å²) in [6.45, 7) is 1.93. The Morgan fingerprint density at radius 2 is 1.74 bits per heavy atom. The third-order valence-corrected chi connectivity index (χ3v) is 9.05. The molecule has 1 amide bonds. The summed E-state index contributed by atoms with van der Waals surface area (Å²) in [6.07, 6.45) is 2.36. The summed E-state index contributed by atoms with van der Waals surface area (Å²) in [7, 11) is -7.05. The average molecular weight is 519 g/mol. The standard InChI is InChI=1S/C23H22N2O6S3/c1-16-5-7-18(8-6-16)34(29,30)13-11-22(26)25(15-17-4-3-12-31-17)23-24-20-10-9-19(33(2,27)28)14-21(20)32-23/h3-10,12,14H,11,13,15H2,1-2H3. The zero-order valence-corrected chi connectivity index (χ0v) is 20.9. The first-order chi connectivity index (χ1) is 16.0. The van der Waals surface area contributed by atoms with Crippen molar-refractivity contribution in [3.8, 4) is 0 Å². The van der Waals surface area contributed by atoms with Gasteiger partial charge in [-0.2, -0.15) is 0 Å². The predicted molar refractivity (Wildman–Crippen MR) is 130 cm³/mol. The molecule has 2 aromatic carbocycles. The van der Waals surface area contributed by atoms with E-state index in [0.717, 1.165) is 23.2 Å². The molecule has 0 spiro atoms. The molecule has 2 aromatic heterocycles. The van der Waals surface area contributed by atoms with E-state index in [9.17, 15) is 21.6 Å². The number of fused-ring (bicyclic) bond motifs is 1. The van der Waals surface area contributed by atoms with Crippen LogP contribution in [0.4, 0.5) is 5.13 Å². The highest BCUT2D eigenvalue weighted by molar-refractivity contribution is 7.91. The van der Waals surface area contributed by atoms with Crippen LogP contribution in [-0.4, -0.2) is 39.7 Å². The lowest BCUT2D eigenvalue weighted by molar-refractivity contribution is -0.118. The van der Waals surface area contributed by atoms with Crippen LogP contribution in [0.3, 0.4) is 0 Å². The van der Waals surface area contributed by atoms with E-state index in [2.05, 4.69) is 4.98 Å². The summed E-state index contributed by atoms with van der Waals surface area (Å²) in [5.41, 5.74) is 1.48. The number of thiazole rings is 1. The van der Waals surface area contributed by atoms with Crippen LogP contribution in [0.25, 0.3) is 10.2 Å². The second kappa shape index (κ2) is 9.32. The molecule has 0 radical (unpaired) electrons. The van der Waals surface area contributed by atoms with Crippen molar-refractivity contribution in [3.63, 3.8) is 0 Å². The molecule has 178 valence electrons. The normalized spacial score (nSPS) is 12.2. The minimum Gasteiger partial charge on any atom is -0.467 e. The van der Waals surface area contributed by atoms with E-state index >= 15 is 0 Å². The monoisotopic (exact) mass is 518 g/mol. The second-order valence-corrected chi connectivity index (χ2v) is 13.0. The third-order valence-electron chi connectivity index (χ3n) is 5.17. The summed E-state index contributed by atoms with van der Waals surface area (Å²) >= 11 is 1.16. The van der Waals surface area contributed by atoms with Gasteiger partial charge in [-0.25, -0.2) is 21.8 Å². The van der Waals surface area contributed by atoms with Gasteiger partial charge in [0, 0.05) is 12.7 Å². The van der Waals surface area contributed by atoms with Gasteiger partial charge in [-0.15, -0.1) is 0 Å². The van der Waals surface area contributed by atoms with Gasteiger partial charge >= 0.3 is 0 Å². The van der Waals surface area contributed by atoms with Crippen LogP contribution in [0, 0.1) is 6.92 Å². The molecule has 0 N–H and O–H groups in total. The van der Waals surface area contributed by atoms with Crippen LogP contribution in [0.1, 0.15) is 17.7 Å². The number of carbonyl (C=O) groups excluding carboxylic acids is 1. The van der Waals surface area contributed by atoms with E-state index in [1.54, 1.807) is 30.3 Å². The number of furan rings is 1. The van der Waals surface area contributed by atoms with Crippen molar-refractivity contribution in [1.29, 1.82) is 0 Å². The first kappa shape index (κ1) is 24.1. The number of sulfone groups is 2. The van der Waals surface area contributed by atoms with Crippen molar-refractivity contribution < 1.29 is 26.0 Å². The highest BCUT2D eigenvalue weighted by atomic mass is 32.2. The molecule has 0 bridgehead atoms. The molecule has 0 aliphatic rings. The lowest BCUT2D eigenvalue weighted by Crippen LogP contribution is -2.31. The fourth-order valence-electron chi connectivity index (χ4n) is 3.28. The number of amides is 1. The highest BCUT2D eigenvalue weighted by Gasteiger charge is 2.24. The summed E-state index contributed by atoms with van der Waals surface area (Å²) in [4.78, 5) is 19.4. The minimum atomic E-state index is -3.65. The molecule has 2 heterocycles. The van der Waals surface area contributed by atoms with E-state index < -0.39 is 25.6 Å². The number of rotatable bonds is 8. The summed E-state index contributed by atoms with van der Waals surface area (Å²) < 4.78 is 55.3. The van der Waals surface area contributed by atoms with E-state index in [1.165, 1.54) is 35.4 Å². The molecule has 8 nitrogen and oxygen atoms in total. The number of hydrogen-bond donors (Lipinski definition) is 0. The van der Waals surface area contributed by atoms with Gasteiger partial charge in [-0.1, -0.05) is 29.0 Å². The van der Waals surface area contributed by atoms with Crippen molar-refractivity contribution in [3.05, 3.63) is 72.2 Å². The first-order valence-corrected chi connectivity index (χ1v) is 14.6. The Hall–Kier alpha value is -3.02. The van der Waals surface area contributed by atoms with Crippen LogP contribution in [0.5, 0.6) is 0 Å². The molecule has 0 saturated carbocycles. The number of benzene rings is 2. The molecule has 0 aliphatic heterocycles. The molecule has 0 aliphatic carbocycles. The van der Waals surface area contributed by atoms with Crippen LogP contribution < -0.4 is 4.90 Å². The maximum Gasteiger partial charge on any atom is 0.230 e. The molecule has 0 saturated heterocycles. The van der Waals surface area contributed by atoms with Gasteiger partial charge in [0.25, 0.3) is 0 Å². The molecule has 4 rings (SSSR count). The summed E-state index contributed by atoms with van der Waals surface area (Å²) in [5.74, 6) is -0.285. The maximum atomic E-state index is 13.2. The Balaban J connectivity index is 1.62. The summed E-state index contributed by atoms with van der Waals surface area (Å²) in [6, 6.07) is 14.5. The van der Waals surface area contributed by atoms with Gasteiger partial charge in [-0.3, -0.25) is 9.69 Å². The number of aryl methyl sites for hydroxylation is 1. The maximum absolute atomic E-state index is 13.2. The molecular weight excluding hydrogens is 496 g/mol. The Bertz CT molecular complexity index is 1540. The fourth-order valence-corrected chi connectivity index (χ4v) is 6.25. The van der Waals surface area contributed by atoms with Crippen molar-refractivity contribution in [2.45, 2.75) is 29.7 Å². The largest absolute Gasteiger partial charge is 0.467 e. The van der Waals surface area contributed by atoms with E-state index in [0.29, 0.717) is 21.1 Å². The zero-order valence-electron chi connectivity index (χ0n) is 18.5. The molecule has 0 atom stereocenters. The Morgan fingerprint density at radius 3 is 2.38 bits per heavy atom. The zero-order chi connectivity index (χ0) is 24.5. The second-order valence-electron chi connectivity index (χ2n) is 7.84. The molecule has 34 heavy (non-hydrogen) atoms. The smallest absolute Gasteiger partial charge is 0.230 e. The summed E-state index contributed by atoms with van der Waals surface area (Å²) in [5, 5.41) is 0.329. The molecular formula is C23H22N2O6S3. The molecule has 0 fully saturated rings. The lowest BCUT2D eigenvalue weighted by Gasteiger charge is -2.18.